The lowest BCUT2D eigenvalue weighted by Gasteiger charge is -1.73. The molecule has 5 heteroatoms. The van der Waals surface area contributed by atoms with Gasteiger partial charge in [0.15, 0.2) is 0 Å². The van der Waals surface area contributed by atoms with E-state index in [0.29, 0.717) is 6.54 Å². The van der Waals surface area contributed by atoms with Crippen LogP contribution in [0.2, 0.25) is 0 Å². The Balaban J connectivity index is 0. The zero-order chi connectivity index (χ0) is 7.70. The zero-order valence-corrected chi connectivity index (χ0v) is 5.08. The second-order valence-corrected chi connectivity index (χ2v) is 1.14. The third-order valence-corrected chi connectivity index (χ3v) is 0.285. The van der Waals surface area contributed by atoms with Gasteiger partial charge in [-0.2, -0.15) is 0 Å². The molecule has 0 aromatic heterocycles. The summed E-state index contributed by atoms with van der Waals surface area (Å²) in [6.07, 6.45) is 0. The van der Waals surface area contributed by atoms with E-state index in [1.807, 2.05) is 0 Å². The molecule has 0 rings (SSSR count). The van der Waals surface area contributed by atoms with Crippen molar-refractivity contribution >= 4 is 5.91 Å². The van der Waals surface area contributed by atoms with Gasteiger partial charge in [0.1, 0.15) is 6.61 Å². The van der Waals surface area contributed by atoms with Gasteiger partial charge in [-0.05, 0) is 0 Å². The number of aliphatic hydroxyl groups is 2. The van der Waals surface area contributed by atoms with Gasteiger partial charge in [0, 0.05) is 6.54 Å². The number of rotatable bonds is 2. The number of primary amides is 1. The number of nitrogens with two attached hydrogens (primary N) is 2. The van der Waals surface area contributed by atoms with Crippen molar-refractivity contribution < 1.29 is 15.0 Å². The van der Waals surface area contributed by atoms with E-state index in [1.54, 1.807) is 0 Å². The highest BCUT2D eigenvalue weighted by molar-refractivity contribution is 5.74. The van der Waals surface area contributed by atoms with E-state index in [4.69, 9.17) is 15.9 Å². The Kier molecular flexibility index (Phi) is 12.9. The predicted octanol–water partition coefficient (Wildman–Crippen LogP) is -2.60. The molecule has 0 aliphatic rings. The van der Waals surface area contributed by atoms with Crippen molar-refractivity contribution in [2.75, 3.05) is 19.8 Å². The fraction of sp³-hybridized carbons (Fsp3) is 0.750. The molecule has 0 aliphatic carbocycles. The molecule has 0 saturated carbocycles. The average molecular weight is 136 g/mol. The Labute approximate surface area is 53.3 Å². The minimum Gasteiger partial charge on any atom is -0.395 e. The van der Waals surface area contributed by atoms with E-state index in [9.17, 15) is 4.79 Å². The molecule has 5 nitrogen and oxygen atoms in total. The number of carbonyl (C=O) groups is 1. The maximum Gasteiger partial charge on any atom is 0.243 e. The van der Waals surface area contributed by atoms with Crippen molar-refractivity contribution in [3.8, 4) is 0 Å². The highest BCUT2D eigenvalue weighted by atomic mass is 16.3. The summed E-state index contributed by atoms with van der Waals surface area (Å²) in [6.45, 7) is -0.0833. The Morgan fingerprint density at radius 3 is 1.67 bits per heavy atom. The summed E-state index contributed by atoms with van der Waals surface area (Å²) >= 11 is 0. The van der Waals surface area contributed by atoms with Crippen LogP contribution in [0.25, 0.3) is 0 Å². The molecular weight excluding hydrogens is 124 g/mol. The van der Waals surface area contributed by atoms with Crippen molar-refractivity contribution in [2.45, 2.75) is 0 Å². The van der Waals surface area contributed by atoms with Gasteiger partial charge < -0.3 is 21.7 Å². The molecule has 1 amide bonds. The first-order valence-electron chi connectivity index (χ1n) is 2.39. The van der Waals surface area contributed by atoms with Crippen LogP contribution < -0.4 is 11.5 Å². The molecule has 0 unspecified atom stereocenters. The van der Waals surface area contributed by atoms with Crippen LogP contribution in [-0.2, 0) is 4.79 Å². The fourth-order valence-corrected chi connectivity index (χ4v) is 0. The van der Waals surface area contributed by atoms with Gasteiger partial charge in [-0.15, -0.1) is 0 Å². The molecule has 0 aromatic rings. The third-order valence-electron chi connectivity index (χ3n) is 0.285. The van der Waals surface area contributed by atoms with Gasteiger partial charge in [0.25, 0.3) is 0 Å². The topological polar surface area (TPSA) is 110 Å². The smallest absolute Gasteiger partial charge is 0.243 e. The van der Waals surface area contributed by atoms with E-state index < -0.39 is 12.5 Å². The van der Waals surface area contributed by atoms with E-state index in [-0.39, 0.29) is 6.61 Å². The summed E-state index contributed by atoms with van der Waals surface area (Å²) in [7, 11) is 0. The number of hydrogen-bond acceptors (Lipinski definition) is 4. The minimum absolute atomic E-state index is 0.0972. The molecule has 0 saturated heterocycles. The second kappa shape index (κ2) is 10.4. The van der Waals surface area contributed by atoms with Crippen molar-refractivity contribution in [1.29, 1.82) is 0 Å². The lowest BCUT2D eigenvalue weighted by molar-refractivity contribution is -0.120. The van der Waals surface area contributed by atoms with Crippen molar-refractivity contribution in [1.82, 2.24) is 0 Å². The van der Waals surface area contributed by atoms with Crippen LogP contribution in [0.3, 0.4) is 0 Å². The molecule has 56 valence electrons. The fourth-order valence-electron chi connectivity index (χ4n) is 0. The highest BCUT2D eigenvalue weighted by Gasteiger charge is 1.78. The number of carbonyl (C=O) groups excluding carboxylic acids is 1. The Bertz CT molecular complexity index is 64.8. The summed E-state index contributed by atoms with van der Waals surface area (Å²) in [5, 5.41) is 15.4. The van der Waals surface area contributed by atoms with Crippen LogP contribution in [0.15, 0.2) is 0 Å². The van der Waals surface area contributed by atoms with Crippen LogP contribution in [0.1, 0.15) is 0 Å². The molecule has 0 radical (unpaired) electrons. The first-order valence-corrected chi connectivity index (χ1v) is 2.39. The van der Waals surface area contributed by atoms with Crippen LogP contribution in [-0.4, -0.2) is 35.9 Å². The van der Waals surface area contributed by atoms with Gasteiger partial charge >= 0.3 is 0 Å². The molecule has 9 heavy (non-hydrogen) atoms. The normalized spacial score (nSPS) is 7.44. The average Bonchev–Trinajstić information content (AvgIpc) is 1.89. The summed E-state index contributed by atoms with van der Waals surface area (Å²) in [5.74, 6) is -0.690. The molecule has 0 bridgehead atoms. The molecule has 0 aromatic carbocycles. The second-order valence-electron chi connectivity index (χ2n) is 1.14. The Morgan fingerprint density at radius 1 is 1.44 bits per heavy atom. The highest BCUT2D eigenvalue weighted by Crippen LogP contribution is 1.42. The third kappa shape index (κ3) is 38.1. The molecule has 6 N–H and O–H groups in total. The molecule has 0 aliphatic heterocycles. The molecule has 0 spiro atoms. The molecular formula is C4H12N2O3. The summed E-state index contributed by atoms with van der Waals surface area (Å²) < 4.78 is 0. The lowest BCUT2D eigenvalue weighted by atomic mass is 10.7. The van der Waals surface area contributed by atoms with Gasteiger partial charge in [-0.3, -0.25) is 4.79 Å². The van der Waals surface area contributed by atoms with Gasteiger partial charge in [0.05, 0.1) is 6.61 Å². The van der Waals surface area contributed by atoms with E-state index in [1.165, 1.54) is 0 Å². The standard InChI is InChI=1S/C2H5NO2.C2H7NO/c3-2(5)1-4;3-1-2-4/h4H,1H2,(H2,3,5);4H,1-3H2. The molecule has 0 heterocycles. The van der Waals surface area contributed by atoms with Crippen molar-refractivity contribution in [3.05, 3.63) is 0 Å². The maximum atomic E-state index is 9.34. The zero-order valence-electron chi connectivity index (χ0n) is 5.08. The quantitative estimate of drug-likeness (QED) is 0.333. The van der Waals surface area contributed by atoms with Gasteiger partial charge in [-0.25, -0.2) is 0 Å². The van der Waals surface area contributed by atoms with Crippen molar-refractivity contribution in [2.24, 2.45) is 11.5 Å². The van der Waals surface area contributed by atoms with Gasteiger partial charge in [0.2, 0.25) is 5.91 Å². The Hall–Kier alpha value is -0.650. The summed E-state index contributed by atoms with van der Waals surface area (Å²) in [6, 6.07) is 0. The number of amides is 1. The van der Waals surface area contributed by atoms with Gasteiger partial charge in [-0.1, -0.05) is 0 Å². The number of aliphatic hydroxyl groups excluding tert-OH is 2. The first kappa shape index (κ1) is 11.2. The van der Waals surface area contributed by atoms with Crippen LogP contribution in [0.4, 0.5) is 0 Å². The maximum absolute atomic E-state index is 9.34. The summed E-state index contributed by atoms with van der Waals surface area (Å²) in [4.78, 5) is 9.34. The Morgan fingerprint density at radius 2 is 1.67 bits per heavy atom. The first-order chi connectivity index (χ1) is 4.18. The van der Waals surface area contributed by atoms with Crippen LogP contribution in [0, 0.1) is 0 Å². The minimum atomic E-state index is -0.690. The largest absolute Gasteiger partial charge is 0.395 e. The molecule has 0 atom stereocenters. The SMILES string of the molecule is NC(=O)CO.NCCO. The van der Waals surface area contributed by atoms with E-state index >= 15 is 0 Å². The lowest BCUT2D eigenvalue weighted by Crippen LogP contribution is -2.14. The van der Waals surface area contributed by atoms with Crippen LogP contribution in [0.5, 0.6) is 0 Å². The van der Waals surface area contributed by atoms with E-state index in [2.05, 4.69) is 5.73 Å². The summed E-state index contributed by atoms with van der Waals surface area (Å²) in [5.41, 5.74) is 9.18. The molecule has 0 fully saturated rings. The monoisotopic (exact) mass is 136 g/mol. The number of hydrogen-bond donors (Lipinski definition) is 4. The van der Waals surface area contributed by atoms with Crippen molar-refractivity contribution in [3.63, 3.8) is 0 Å². The van der Waals surface area contributed by atoms with E-state index in [0.717, 1.165) is 0 Å². The van der Waals surface area contributed by atoms with Crippen LogP contribution >= 0.6 is 0 Å². The predicted molar refractivity (Wildman–Crippen MR) is 32.4 cm³/mol.